The van der Waals surface area contributed by atoms with Crippen LogP contribution in [0.15, 0.2) is 0 Å². The van der Waals surface area contributed by atoms with Crippen LogP contribution in [0.4, 0.5) is 5.69 Å². The molecule has 0 saturated carbocycles. The topological polar surface area (TPSA) is 134 Å². The molecular weight excluding hydrogens is 827 g/mol. The van der Waals surface area contributed by atoms with Gasteiger partial charge in [-0.15, -0.1) is 0 Å². The molecule has 1 N–H and O–H groups in total. The molecule has 2 unspecified atom stereocenters. The van der Waals surface area contributed by atoms with Gasteiger partial charge in [0.1, 0.15) is 0 Å². The molecule has 2 atom stereocenters. The number of halogens is 3. The van der Waals surface area contributed by atoms with Crippen LogP contribution in [0.3, 0.4) is 0 Å². The fourth-order valence-corrected chi connectivity index (χ4v) is 7.45. The normalized spacial score (nSPS) is 12.2. The van der Waals surface area contributed by atoms with Gasteiger partial charge in [-0.1, -0.05) is 26.7 Å². The number of anilines is 1. The smallest absolute Gasteiger partial charge is 0.347 e. The molecule has 13 heteroatoms. The van der Waals surface area contributed by atoms with E-state index in [0.29, 0.717) is 20.0 Å². The highest BCUT2D eigenvalue weighted by atomic mass is 127. The Morgan fingerprint density at radius 1 is 0.703 bits per heavy atom. The van der Waals surface area contributed by atoms with Gasteiger partial charge in [-0.2, -0.15) is 0 Å². The van der Waals surface area contributed by atoms with Gasteiger partial charge in [0.2, 0.25) is 5.91 Å². The molecule has 0 aromatic heterocycles. The van der Waals surface area contributed by atoms with Crippen molar-refractivity contribution in [3.05, 3.63) is 21.8 Å². The van der Waals surface area contributed by atoms with Gasteiger partial charge in [-0.3, -0.25) is 4.79 Å². The standard InChI is InChI=1S/C24H30I3NO9/c1-6-10-13(21(30)34-8-3)36-23(32)15-17(25)16(19(27)20(18(15)26)28-12(5)29)24(33)37-14(11-7-2)22(31)35-9-4/h13-14H,6-11H2,1-5H3,(H,28,29). The highest BCUT2D eigenvalue weighted by Gasteiger charge is 2.34. The molecule has 1 aromatic rings. The van der Waals surface area contributed by atoms with E-state index in [0.717, 1.165) is 0 Å². The Morgan fingerprint density at radius 3 is 1.38 bits per heavy atom. The number of hydrogen-bond donors (Lipinski definition) is 1. The van der Waals surface area contributed by atoms with Gasteiger partial charge in [0, 0.05) is 10.5 Å². The van der Waals surface area contributed by atoms with Crippen molar-refractivity contribution in [2.45, 2.75) is 72.5 Å². The lowest BCUT2D eigenvalue weighted by atomic mass is 10.1. The third kappa shape index (κ3) is 9.47. The van der Waals surface area contributed by atoms with Gasteiger partial charge in [0.15, 0.2) is 12.2 Å². The van der Waals surface area contributed by atoms with Crippen LogP contribution in [0.25, 0.3) is 0 Å². The second-order valence-corrected chi connectivity index (χ2v) is 10.9. The predicted molar refractivity (Wildman–Crippen MR) is 160 cm³/mol. The van der Waals surface area contributed by atoms with E-state index in [4.69, 9.17) is 18.9 Å². The van der Waals surface area contributed by atoms with E-state index in [9.17, 15) is 24.0 Å². The van der Waals surface area contributed by atoms with E-state index in [1.165, 1.54) is 6.92 Å². The van der Waals surface area contributed by atoms with Crippen molar-refractivity contribution in [2.75, 3.05) is 18.5 Å². The molecule has 0 bridgehead atoms. The number of carbonyl (C=O) groups is 5. The van der Waals surface area contributed by atoms with E-state index in [2.05, 4.69) is 5.32 Å². The van der Waals surface area contributed by atoms with Crippen LogP contribution in [0.5, 0.6) is 0 Å². The molecule has 10 nitrogen and oxygen atoms in total. The van der Waals surface area contributed by atoms with Crippen molar-refractivity contribution in [2.24, 2.45) is 0 Å². The maximum absolute atomic E-state index is 13.3. The van der Waals surface area contributed by atoms with Crippen LogP contribution in [0.2, 0.25) is 0 Å². The van der Waals surface area contributed by atoms with Crippen LogP contribution in [0, 0.1) is 10.7 Å². The van der Waals surface area contributed by atoms with Crippen molar-refractivity contribution >= 4 is 103 Å². The Morgan fingerprint density at radius 2 is 1.08 bits per heavy atom. The zero-order valence-corrected chi connectivity index (χ0v) is 27.7. The molecule has 0 saturated heterocycles. The largest absolute Gasteiger partial charge is 0.463 e. The van der Waals surface area contributed by atoms with Crippen molar-refractivity contribution < 1.29 is 42.9 Å². The van der Waals surface area contributed by atoms with E-state index in [1.54, 1.807) is 13.8 Å². The minimum Gasteiger partial charge on any atom is -0.463 e. The molecule has 0 aliphatic carbocycles. The molecule has 0 aliphatic heterocycles. The van der Waals surface area contributed by atoms with E-state index >= 15 is 0 Å². The molecule has 0 heterocycles. The van der Waals surface area contributed by atoms with Crippen molar-refractivity contribution in [1.82, 2.24) is 0 Å². The second-order valence-electron chi connectivity index (χ2n) is 7.62. The van der Waals surface area contributed by atoms with Gasteiger partial charge in [0.25, 0.3) is 0 Å². The summed E-state index contributed by atoms with van der Waals surface area (Å²) in [6.07, 6.45) is -0.680. The zero-order chi connectivity index (χ0) is 28.3. The quantitative estimate of drug-likeness (QED) is 0.161. The van der Waals surface area contributed by atoms with E-state index < -0.39 is 42.0 Å². The molecule has 1 amide bonds. The van der Waals surface area contributed by atoms with Crippen LogP contribution in [-0.4, -0.2) is 55.2 Å². The molecule has 0 fully saturated rings. The lowest BCUT2D eigenvalue weighted by molar-refractivity contribution is -0.154. The highest BCUT2D eigenvalue weighted by molar-refractivity contribution is 14.1. The van der Waals surface area contributed by atoms with Gasteiger partial charge in [-0.25, -0.2) is 19.2 Å². The van der Waals surface area contributed by atoms with Crippen LogP contribution >= 0.6 is 67.8 Å². The molecule has 0 spiro atoms. The van der Waals surface area contributed by atoms with Crippen LogP contribution < -0.4 is 5.32 Å². The summed E-state index contributed by atoms with van der Waals surface area (Å²) in [6, 6.07) is 0. The summed E-state index contributed by atoms with van der Waals surface area (Å²) in [7, 11) is 0. The molecular formula is C24H30I3NO9. The second kappa shape index (κ2) is 16.7. The number of rotatable bonds is 13. The maximum atomic E-state index is 13.3. The fraction of sp³-hybridized carbons (Fsp3) is 0.542. The third-order valence-corrected chi connectivity index (χ3v) is 7.96. The van der Waals surface area contributed by atoms with E-state index in [-0.39, 0.29) is 46.4 Å². The highest BCUT2D eigenvalue weighted by Crippen LogP contribution is 2.37. The first-order valence-electron chi connectivity index (χ1n) is 11.7. The molecule has 37 heavy (non-hydrogen) atoms. The average Bonchev–Trinajstić information content (AvgIpc) is 2.81. The van der Waals surface area contributed by atoms with Gasteiger partial charge < -0.3 is 24.3 Å². The molecule has 1 aromatic carbocycles. The molecule has 0 radical (unpaired) electrons. The lowest BCUT2D eigenvalue weighted by Gasteiger charge is -2.22. The third-order valence-electron chi connectivity index (χ3n) is 4.73. The van der Waals surface area contributed by atoms with Crippen molar-refractivity contribution in [3.8, 4) is 0 Å². The number of hydrogen-bond acceptors (Lipinski definition) is 9. The number of esters is 4. The number of nitrogens with one attached hydrogen (secondary N) is 1. The Hall–Kier alpha value is -1.24. The summed E-state index contributed by atoms with van der Waals surface area (Å²) in [4.78, 5) is 63.3. The van der Waals surface area contributed by atoms with Crippen LogP contribution in [-0.2, 0) is 33.3 Å². The Labute approximate surface area is 257 Å². The van der Waals surface area contributed by atoms with Gasteiger partial charge in [-0.05, 0) is 94.5 Å². The van der Waals surface area contributed by atoms with Gasteiger partial charge in [0.05, 0.1) is 37.2 Å². The Bertz CT molecular complexity index is 960. The zero-order valence-electron chi connectivity index (χ0n) is 21.2. The van der Waals surface area contributed by atoms with Crippen molar-refractivity contribution in [1.29, 1.82) is 0 Å². The lowest BCUT2D eigenvalue weighted by Crippen LogP contribution is -2.32. The number of ether oxygens (including phenoxy) is 4. The summed E-state index contributed by atoms with van der Waals surface area (Å²) in [5.41, 5.74) is 0.163. The first kappa shape index (κ1) is 33.8. The predicted octanol–water partition coefficient (Wildman–Crippen LogP) is 5.24. The SMILES string of the molecule is CCCC(OC(=O)c1c(I)c(NC(C)=O)c(I)c(C(=O)OC(CCC)C(=O)OCC)c1I)C(=O)OCC. The monoisotopic (exact) mass is 857 g/mol. The number of amides is 1. The number of carbonyl (C=O) groups excluding carboxylic acids is 5. The first-order chi connectivity index (χ1) is 17.4. The average molecular weight is 857 g/mol. The molecule has 206 valence electrons. The molecule has 1 rings (SSSR count). The van der Waals surface area contributed by atoms with Gasteiger partial charge >= 0.3 is 23.9 Å². The fourth-order valence-electron chi connectivity index (χ4n) is 3.13. The summed E-state index contributed by atoms with van der Waals surface area (Å²) in [6.45, 7) is 8.49. The molecule has 0 aliphatic rings. The first-order valence-corrected chi connectivity index (χ1v) is 14.9. The minimum atomic E-state index is -1.14. The van der Waals surface area contributed by atoms with Crippen LogP contribution in [0.1, 0.15) is 81.0 Å². The minimum absolute atomic E-state index is 0.0223. The maximum Gasteiger partial charge on any atom is 0.347 e. The summed E-state index contributed by atoms with van der Waals surface area (Å²) in [5.74, 6) is -3.51. The summed E-state index contributed by atoms with van der Waals surface area (Å²) >= 11 is 5.57. The Kier molecular flexibility index (Phi) is 15.2. The summed E-state index contributed by atoms with van der Waals surface area (Å²) in [5, 5.41) is 2.65. The van der Waals surface area contributed by atoms with E-state index in [1.807, 2.05) is 81.6 Å². The Balaban J connectivity index is 3.63. The summed E-state index contributed by atoms with van der Waals surface area (Å²) < 4.78 is 21.9. The van der Waals surface area contributed by atoms with Crippen molar-refractivity contribution in [3.63, 3.8) is 0 Å². The number of benzene rings is 1.